The molecule has 1 aromatic rings. The molecule has 0 saturated heterocycles. The Morgan fingerprint density at radius 1 is 1.29 bits per heavy atom. The largest absolute Gasteiger partial charge is 0.453 e. The maximum Gasteiger partial charge on any atom is 0.407 e. The van der Waals surface area contributed by atoms with Crippen LogP contribution in [0.5, 0.6) is 0 Å². The Bertz CT molecular complexity index is 392. The summed E-state index contributed by atoms with van der Waals surface area (Å²) >= 11 is 5.36. The second-order valence-corrected chi connectivity index (χ2v) is 3.49. The number of anilines is 1. The van der Waals surface area contributed by atoms with Crippen molar-refractivity contribution in [2.24, 2.45) is 0 Å². The number of methoxy groups -OCH3 is 1. The molecule has 1 rings (SSSR count). The van der Waals surface area contributed by atoms with Crippen LogP contribution in [0.25, 0.3) is 0 Å². The molecule has 0 aliphatic heterocycles. The van der Waals surface area contributed by atoms with Crippen molar-refractivity contribution < 1.29 is 14.3 Å². The van der Waals surface area contributed by atoms with Gasteiger partial charge in [-0.2, -0.15) is 0 Å². The van der Waals surface area contributed by atoms with E-state index in [9.17, 15) is 9.59 Å². The molecule has 1 aromatic carbocycles. The van der Waals surface area contributed by atoms with Crippen molar-refractivity contribution in [1.82, 2.24) is 5.32 Å². The van der Waals surface area contributed by atoms with E-state index in [0.717, 1.165) is 5.56 Å². The van der Waals surface area contributed by atoms with E-state index in [1.807, 2.05) is 0 Å². The lowest BCUT2D eigenvalue weighted by atomic mass is 10.2. The summed E-state index contributed by atoms with van der Waals surface area (Å²) in [5.41, 5.74) is 1.57. The minimum absolute atomic E-state index is 0.0777. The van der Waals surface area contributed by atoms with E-state index in [1.165, 1.54) is 7.11 Å². The van der Waals surface area contributed by atoms with Gasteiger partial charge in [-0.3, -0.25) is 4.79 Å². The Morgan fingerprint density at radius 2 is 1.94 bits per heavy atom. The molecule has 5 nitrogen and oxygen atoms in total. The van der Waals surface area contributed by atoms with Crippen LogP contribution in [-0.4, -0.2) is 25.0 Å². The lowest BCUT2D eigenvalue weighted by Crippen LogP contribution is -2.22. The van der Waals surface area contributed by atoms with Gasteiger partial charge in [0.05, 0.1) is 7.11 Å². The predicted octanol–water partition coefficient (Wildman–Crippen LogP) is 1.72. The van der Waals surface area contributed by atoms with E-state index in [4.69, 9.17) is 11.6 Å². The molecule has 17 heavy (non-hydrogen) atoms. The molecule has 0 aromatic heterocycles. The average molecular weight is 257 g/mol. The minimum Gasteiger partial charge on any atom is -0.453 e. The molecule has 0 spiro atoms. The summed E-state index contributed by atoms with van der Waals surface area (Å²) in [4.78, 5) is 21.8. The molecule has 2 N–H and O–H groups in total. The number of carbonyl (C=O) groups is 2. The first kappa shape index (κ1) is 13.3. The first-order valence-corrected chi connectivity index (χ1v) is 5.45. The number of nitrogens with one attached hydrogen (secondary N) is 2. The Morgan fingerprint density at radius 3 is 2.47 bits per heavy atom. The standard InChI is InChI=1S/C11H13ClN2O3/c1-17-11(16)13-7-8-2-4-9(5-3-8)14-10(15)6-12/h2-5H,6-7H2,1H3,(H,13,16)(H,14,15). The fraction of sp³-hybridized carbons (Fsp3) is 0.273. The summed E-state index contributed by atoms with van der Waals surface area (Å²) in [6, 6.07) is 7.05. The maximum atomic E-state index is 11.0. The number of hydrogen-bond acceptors (Lipinski definition) is 3. The molecule has 6 heteroatoms. The third kappa shape index (κ3) is 4.74. The molecular weight excluding hydrogens is 244 g/mol. The second-order valence-electron chi connectivity index (χ2n) is 3.22. The quantitative estimate of drug-likeness (QED) is 0.806. The maximum absolute atomic E-state index is 11.0. The van der Waals surface area contributed by atoms with Crippen molar-refractivity contribution in [2.75, 3.05) is 18.3 Å². The van der Waals surface area contributed by atoms with Gasteiger partial charge in [0.15, 0.2) is 0 Å². The molecule has 0 saturated carbocycles. The topological polar surface area (TPSA) is 67.4 Å². The van der Waals surface area contributed by atoms with Crippen LogP contribution in [0.4, 0.5) is 10.5 Å². The van der Waals surface area contributed by atoms with Gasteiger partial charge in [-0.05, 0) is 17.7 Å². The molecule has 0 aliphatic carbocycles. The third-order valence-corrected chi connectivity index (χ3v) is 2.22. The smallest absolute Gasteiger partial charge is 0.407 e. The number of alkyl halides is 1. The van der Waals surface area contributed by atoms with Gasteiger partial charge >= 0.3 is 6.09 Å². The number of alkyl carbamates (subject to hydrolysis) is 1. The normalized spacial score (nSPS) is 9.53. The summed E-state index contributed by atoms with van der Waals surface area (Å²) < 4.78 is 4.44. The van der Waals surface area contributed by atoms with Crippen LogP contribution in [-0.2, 0) is 16.1 Å². The van der Waals surface area contributed by atoms with E-state index < -0.39 is 6.09 Å². The van der Waals surface area contributed by atoms with E-state index >= 15 is 0 Å². The average Bonchev–Trinajstić information content (AvgIpc) is 2.37. The fourth-order valence-corrected chi connectivity index (χ4v) is 1.21. The van der Waals surface area contributed by atoms with Gasteiger partial charge in [-0.1, -0.05) is 12.1 Å². The van der Waals surface area contributed by atoms with Gasteiger partial charge in [0.2, 0.25) is 5.91 Å². The molecule has 0 aliphatic rings. The van der Waals surface area contributed by atoms with Crippen LogP contribution in [0.2, 0.25) is 0 Å². The zero-order valence-corrected chi connectivity index (χ0v) is 10.1. The van der Waals surface area contributed by atoms with E-state index in [0.29, 0.717) is 12.2 Å². The molecule has 0 heterocycles. The summed E-state index contributed by atoms with van der Waals surface area (Å²) in [7, 11) is 1.31. The Kier molecular flexibility index (Phi) is 5.29. The van der Waals surface area contributed by atoms with Crippen LogP contribution in [0.15, 0.2) is 24.3 Å². The van der Waals surface area contributed by atoms with Crippen molar-refractivity contribution in [3.63, 3.8) is 0 Å². The van der Waals surface area contributed by atoms with Crippen molar-refractivity contribution in [3.05, 3.63) is 29.8 Å². The van der Waals surface area contributed by atoms with E-state index in [1.54, 1.807) is 24.3 Å². The van der Waals surface area contributed by atoms with Gasteiger partial charge in [0.25, 0.3) is 0 Å². The van der Waals surface area contributed by atoms with E-state index in [2.05, 4.69) is 15.4 Å². The van der Waals surface area contributed by atoms with Crippen molar-refractivity contribution in [3.8, 4) is 0 Å². The monoisotopic (exact) mass is 256 g/mol. The molecule has 0 radical (unpaired) electrons. The highest BCUT2D eigenvalue weighted by molar-refractivity contribution is 6.29. The molecule has 92 valence electrons. The zero-order valence-electron chi connectivity index (χ0n) is 9.33. The highest BCUT2D eigenvalue weighted by Crippen LogP contribution is 2.09. The second kappa shape index (κ2) is 6.75. The lowest BCUT2D eigenvalue weighted by Gasteiger charge is -2.06. The van der Waals surface area contributed by atoms with Crippen LogP contribution in [0, 0.1) is 0 Å². The Balaban J connectivity index is 2.50. The number of ether oxygens (including phenoxy) is 1. The van der Waals surface area contributed by atoms with Crippen LogP contribution < -0.4 is 10.6 Å². The summed E-state index contributed by atoms with van der Waals surface area (Å²) in [6.07, 6.45) is -0.482. The number of rotatable bonds is 4. The van der Waals surface area contributed by atoms with Gasteiger partial charge in [0.1, 0.15) is 5.88 Å². The first-order valence-electron chi connectivity index (χ1n) is 4.92. The number of benzene rings is 1. The van der Waals surface area contributed by atoms with Crippen LogP contribution >= 0.6 is 11.6 Å². The number of halogens is 1. The zero-order chi connectivity index (χ0) is 12.7. The third-order valence-electron chi connectivity index (χ3n) is 1.98. The highest BCUT2D eigenvalue weighted by atomic mass is 35.5. The van der Waals surface area contributed by atoms with Gasteiger partial charge in [-0.15, -0.1) is 11.6 Å². The van der Waals surface area contributed by atoms with E-state index in [-0.39, 0.29) is 11.8 Å². The molecule has 0 unspecified atom stereocenters. The van der Waals surface area contributed by atoms with Crippen LogP contribution in [0.3, 0.4) is 0 Å². The number of carbonyl (C=O) groups excluding carboxylic acids is 2. The highest BCUT2D eigenvalue weighted by Gasteiger charge is 2.01. The number of hydrogen-bond donors (Lipinski definition) is 2. The molecule has 0 atom stereocenters. The summed E-state index contributed by atoms with van der Waals surface area (Å²) in [5, 5.41) is 5.16. The molecule has 2 amide bonds. The predicted molar refractivity (Wildman–Crippen MR) is 65.0 cm³/mol. The fourth-order valence-electron chi connectivity index (χ4n) is 1.15. The number of amides is 2. The Hall–Kier alpha value is -1.75. The lowest BCUT2D eigenvalue weighted by molar-refractivity contribution is -0.113. The SMILES string of the molecule is COC(=O)NCc1ccc(NC(=O)CCl)cc1. The first-order chi connectivity index (χ1) is 8.15. The van der Waals surface area contributed by atoms with Gasteiger partial charge in [-0.25, -0.2) is 4.79 Å². The summed E-state index contributed by atoms with van der Waals surface area (Å²) in [6.45, 7) is 0.371. The van der Waals surface area contributed by atoms with Gasteiger partial charge in [0, 0.05) is 12.2 Å². The van der Waals surface area contributed by atoms with Crippen molar-refractivity contribution >= 4 is 29.3 Å². The van der Waals surface area contributed by atoms with Crippen molar-refractivity contribution in [1.29, 1.82) is 0 Å². The minimum atomic E-state index is -0.482. The molecule has 0 bridgehead atoms. The molecular formula is C11H13ClN2O3. The van der Waals surface area contributed by atoms with Crippen molar-refractivity contribution in [2.45, 2.75) is 6.54 Å². The van der Waals surface area contributed by atoms with Crippen LogP contribution in [0.1, 0.15) is 5.56 Å². The molecule has 0 fully saturated rings. The Labute approximate surface area is 104 Å². The summed E-state index contributed by atoms with van der Waals surface area (Å²) in [5.74, 6) is -0.335. The van der Waals surface area contributed by atoms with Gasteiger partial charge < -0.3 is 15.4 Å².